The Morgan fingerprint density at radius 1 is 1.42 bits per heavy atom. The van der Waals surface area contributed by atoms with Crippen LogP contribution in [0.2, 0.25) is 0 Å². The smallest absolute Gasteiger partial charge is 0.226 e. The van der Waals surface area contributed by atoms with Crippen LogP contribution in [-0.2, 0) is 4.79 Å². The van der Waals surface area contributed by atoms with Crippen molar-refractivity contribution < 1.29 is 10.0 Å². The minimum Gasteiger partial charge on any atom is -0.411 e. The molecule has 2 saturated carbocycles. The van der Waals surface area contributed by atoms with Gasteiger partial charge in [0.05, 0.1) is 5.71 Å². The first-order valence-electron chi connectivity index (χ1n) is 7.72. The van der Waals surface area contributed by atoms with Gasteiger partial charge in [0.25, 0.3) is 0 Å². The van der Waals surface area contributed by atoms with E-state index >= 15 is 0 Å². The summed E-state index contributed by atoms with van der Waals surface area (Å²) < 4.78 is 0. The zero-order valence-corrected chi connectivity index (χ0v) is 11.7. The van der Waals surface area contributed by atoms with Crippen molar-refractivity contribution >= 4 is 11.6 Å². The van der Waals surface area contributed by atoms with Crippen LogP contribution in [0.1, 0.15) is 45.4 Å². The van der Waals surface area contributed by atoms with Crippen LogP contribution in [0.5, 0.6) is 0 Å². The molecule has 1 aliphatic heterocycles. The third-order valence-electron chi connectivity index (χ3n) is 5.54. The summed E-state index contributed by atoms with van der Waals surface area (Å²) in [6, 6.07) is 0. The molecule has 2 aliphatic carbocycles. The maximum Gasteiger partial charge on any atom is 0.226 e. The Morgan fingerprint density at radius 3 is 2.84 bits per heavy atom. The van der Waals surface area contributed by atoms with Crippen LogP contribution in [0.3, 0.4) is 0 Å². The monoisotopic (exact) mass is 264 g/mol. The maximum atomic E-state index is 12.7. The average Bonchev–Trinajstić information content (AvgIpc) is 3.08. The van der Waals surface area contributed by atoms with E-state index in [4.69, 9.17) is 5.21 Å². The predicted molar refractivity (Wildman–Crippen MR) is 73.1 cm³/mol. The Bertz CT molecular complexity index is 394. The van der Waals surface area contributed by atoms with Crippen molar-refractivity contribution in [2.75, 3.05) is 13.1 Å². The van der Waals surface area contributed by atoms with Crippen LogP contribution in [-0.4, -0.2) is 34.8 Å². The lowest BCUT2D eigenvalue weighted by atomic mass is 9.86. The van der Waals surface area contributed by atoms with Crippen LogP contribution in [0.25, 0.3) is 0 Å². The molecule has 0 aromatic rings. The second kappa shape index (κ2) is 5.14. The van der Waals surface area contributed by atoms with Crippen molar-refractivity contribution in [1.29, 1.82) is 0 Å². The molecule has 4 atom stereocenters. The Morgan fingerprint density at radius 2 is 2.26 bits per heavy atom. The number of hydrogen-bond donors (Lipinski definition) is 1. The second-order valence-corrected chi connectivity index (χ2v) is 6.51. The van der Waals surface area contributed by atoms with Gasteiger partial charge in [-0.1, -0.05) is 18.5 Å². The molecule has 106 valence electrons. The Hall–Kier alpha value is -1.06. The number of carbonyl (C=O) groups is 1. The molecule has 0 spiro atoms. The summed E-state index contributed by atoms with van der Waals surface area (Å²) in [7, 11) is 0. The van der Waals surface area contributed by atoms with E-state index < -0.39 is 0 Å². The molecule has 3 fully saturated rings. The van der Waals surface area contributed by atoms with Gasteiger partial charge in [0.15, 0.2) is 0 Å². The lowest BCUT2D eigenvalue weighted by Gasteiger charge is -2.36. The van der Waals surface area contributed by atoms with Gasteiger partial charge in [0, 0.05) is 31.3 Å². The van der Waals surface area contributed by atoms with Gasteiger partial charge in [-0.15, -0.1) is 0 Å². The zero-order chi connectivity index (χ0) is 13.4. The van der Waals surface area contributed by atoms with Crippen LogP contribution < -0.4 is 0 Å². The van der Waals surface area contributed by atoms with Crippen molar-refractivity contribution in [3.63, 3.8) is 0 Å². The van der Waals surface area contributed by atoms with Gasteiger partial charge in [0.1, 0.15) is 0 Å². The molecule has 1 amide bonds. The highest BCUT2D eigenvalue weighted by molar-refractivity contribution is 5.89. The Labute approximate surface area is 114 Å². The van der Waals surface area contributed by atoms with Gasteiger partial charge in [0.2, 0.25) is 5.91 Å². The average molecular weight is 264 g/mol. The van der Waals surface area contributed by atoms with E-state index in [2.05, 4.69) is 12.1 Å². The molecule has 4 nitrogen and oxygen atoms in total. The molecule has 0 aromatic carbocycles. The largest absolute Gasteiger partial charge is 0.411 e. The topological polar surface area (TPSA) is 52.9 Å². The van der Waals surface area contributed by atoms with Gasteiger partial charge in [-0.25, -0.2) is 0 Å². The standard InChI is InChI=1S/C15H24N2O2/c1-2-11-9-17(6-5-14(11)16-19)15(18)13-8-10-3-4-12(13)7-10/h10-13,19H,2-9H2,1H3. The van der Waals surface area contributed by atoms with Gasteiger partial charge in [-0.3, -0.25) is 4.79 Å². The Kier molecular flexibility index (Phi) is 3.50. The number of amides is 1. The number of carbonyl (C=O) groups excluding carboxylic acids is 1. The molecule has 4 unspecified atom stereocenters. The van der Waals surface area contributed by atoms with Gasteiger partial charge >= 0.3 is 0 Å². The van der Waals surface area contributed by atoms with Gasteiger partial charge in [-0.05, 0) is 37.5 Å². The summed E-state index contributed by atoms with van der Waals surface area (Å²) in [5.74, 6) is 2.40. The highest BCUT2D eigenvalue weighted by Gasteiger charge is 2.45. The number of oxime groups is 1. The third-order valence-corrected chi connectivity index (χ3v) is 5.54. The van der Waals surface area contributed by atoms with E-state index in [1.165, 1.54) is 19.3 Å². The van der Waals surface area contributed by atoms with Crippen molar-refractivity contribution in [3.8, 4) is 0 Å². The normalized spacial score (nSPS) is 40.1. The SMILES string of the molecule is CCC1CN(C(=O)C2CC3CCC2C3)CCC1=NO. The summed E-state index contributed by atoms with van der Waals surface area (Å²) in [4.78, 5) is 14.7. The van der Waals surface area contributed by atoms with Gasteiger partial charge < -0.3 is 10.1 Å². The van der Waals surface area contributed by atoms with E-state index in [0.29, 0.717) is 17.7 Å². The van der Waals surface area contributed by atoms with Crippen molar-refractivity contribution in [2.45, 2.75) is 45.4 Å². The van der Waals surface area contributed by atoms with E-state index in [1.54, 1.807) is 0 Å². The van der Waals surface area contributed by atoms with Crippen molar-refractivity contribution in [3.05, 3.63) is 0 Å². The lowest BCUT2D eigenvalue weighted by molar-refractivity contribution is -0.138. The molecule has 1 heterocycles. The molecule has 2 bridgehead atoms. The quantitative estimate of drug-likeness (QED) is 0.615. The first-order valence-corrected chi connectivity index (χ1v) is 7.72. The van der Waals surface area contributed by atoms with Crippen LogP contribution >= 0.6 is 0 Å². The highest BCUT2D eigenvalue weighted by Crippen LogP contribution is 2.49. The van der Waals surface area contributed by atoms with Gasteiger partial charge in [-0.2, -0.15) is 0 Å². The highest BCUT2D eigenvalue weighted by atomic mass is 16.4. The number of nitrogens with zero attached hydrogens (tertiary/aromatic N) is 2. The van der Waals surface area contributed by atoms with Crippen LogP contribution in [0.15, 0.2) is 5.16 Å². The van der Waals surface area contributed by atoms with Crippen molar-refractivity contribution in [1.82, 2.24) is 4.90 Å². The van der Waals surface area contributed by atoms with E-state index in [0.717, 1.165) is 44.0 Å². The Balaban J connectivity index is 1.65. The van der Waals surface area contributed by atoms with E-state index in [9.17, 15) is 4.79 Å². The second-order valence-electron chi connectivity index (χ2n) is 6.51. The number of piperidine rings is 1. The number of likely N-dealkylation sites (tertiary alicyclic amines) is 1. The molecular formula is C15H24N2O2. The van der Waals surface area contributed by atoms with E-state index in [1.807, 2.05) is 4.90 Å². The fraction of sp³-hybridized carbons (Fsp3) is 0.867. The molecule has 1 saturated heterocycles. The first-order chi connectivity index (χ1) is 9.22. The molecule has 3 rings (SSSR count). The minimum absolute atomic E-state index is 0.251. The molecular weight excluding hydrogens is 240 g/mol. The van der Waals surface area contributed by atoms with E-state index in [-0.39, 0.29) is 5.92 Å². The number of hydrogen-bond acceptors (Lipinski definition) is 3. The van der Waals surface area contributed by atoms with Crippen molar-refractivity contribution in [2.24, 2.45) is 28.8 Å². The fourth-order valence-electron chi connectivity index (χ4n) is 4.39. The fourth-order valence-corrected chi connectivity index (χ4v) is 4.39. The van der Waals surface area contributed by atoms with Crippen LogP contribution in [0, 0.1) is 23.7 Å². The summed E-state index contributed by atoms with van der Waals surface area (Å²) in [6.45, 7) is 3.59. The molecule has 19 heavy (non-hydrogen) atoms. The van der Waals surface area contributed by atoms with Crippen LogP contribution in [0.4, 0.5) is 0 Å². The molecule has 0 radical (unpaired) electrons. The third kappa shape index (κ3) is 2.26. The molecule has 3 aliphatic rings. The zero-order valence-electron chi connectivity index (χ0n) is 11.7. The lowest BCUT2D eigenvalue weighted by Crippen LogP contribution is -2.47. The molecule has 1 N–H and O–H groups in total. The molecule has 4 heteroatoms. The minimum atomic E-state index is 0.251. The number of fused-ring (bicyclic) bond motifs is 2. The maximum absolute atomic E-state index is 12.7. The number of rotatable bonds is 2. The molecule has 0 aromatic heterocycles. The summed E-state index contributed by atoms with van der Waals surface area (Å²) in [5.41, 5.74) is 0.875. The first kappa shape index (κ1) is 12.9. The summed E-state index contributed by atoms with van der Waals surface area (Å²) in [5, 5.41) is 12.4. The summed E-state index contributed by atoms with van der Waals surface area (Å²) in [6.07, 6.45) is 6.69. The predicted octanol–water partition coefficient (Wildman–Crippen LogP) is 2.51. The summed E-state index contributed by atoms with van der Waals surface area (Å²) >= 11 is 0.